The molecule has 0 fully saturated rings. The highest BCUT2D eigenvalue weighted by atomic mass is 16.5. The van der Waals surface area contributed by atoms with Crippen LogP contribution in [0.15, 0.2) is 36.4 Å². The molecule has 0 spiro atoms. The van der Waals surface area contributed by atoms with Crippen molar-refractivity contribution in [2.75, 3.05) is 7.11 Å². The van der Waals surface area contributed by atoms with E-state index in [1.54, 1.807) is 13.2 Å². The molecule has 2 aromatic rings. The molecule has 25 heavy (non-hydrogen) atoms. The van der Waals surface area contributed by atoms with Crippen LogP contribution in [0.25, 0.3) is 6.08 Å². The minimum Gasteiger partial charge on any atom is -0.496 e. The van der Waals surface area contributed by atoms with Gasteiger partial charge in [-0.3, -0.25) is 4.79 Å². The number of ketones is 1. The van der Waals surface area contributed by atoms with Crippen LogP contribution in [0.5, 0.6) is 5.75 Å². The van der Waals surface area contributed by atoms with Crippen molar-refractivity contribution >= 4 is 11.9 Å². The maximum Gasteiger partial charge on any atom is 0.185 e. The number of rotatable bonds is 7. The number of methoxy groups -OCH3 is 1. The molecule has 132 valence electrons. The van der Waals surface area contributed by atoms with Gasteiger partial charge < -0.3 is 20.1 Å². The molecule has 5 heteroatoms. The summed E-state index contributed by atoms with van der Waals surface area (Å²) < 4.78 is 5.21. The lowest BCUT2D eigenvalue weighted by Gasteiger charge is -2.12. The van der Waals surface area contributed by atoms with Crippen molar-refractivity contribution in [2.24, 2.45) is 0 Å². The normalized spacial score (nSPS) is 11.1. The molecule has 2 rings (SSSR count). The molecule has 0 unspecified atom stereocenters. The maximum atomic E-state index is 12.4. The molecule has 3 N–H and O–H groups in total. The largest absolute Gasteiger partial charge is 0.496 e. The van der Waals surface area contributed by atoms with Gasteiger partial charge in [0.2, 0.25) is 0 Å². The van der Waals surface area contributed by atoms with E-state index in [-0.39, 0.29) is 25.6 Å². The summed E-state index contributed by atoms with van der Waals surface area (Å²) in [6, 6.07) is 8.68. The Balaban J connectivity index is 2.30. The first kappa shape index (κ1) is 18.9. The first-order valence-electron chi connectivity index (χ1n) is 7.88. The molecule has 0 saturated heterocycles. The molecule has 0 radical (unpaired) electrons. The Labute approximate surface area is 146 Å². The predicted molar refractivity (Wildman–Crippen MR) is 95.3 cm³/mol. The molecular weight excluding hydrogens is 320 g/mol. The smallest absolute Gasteiger partial charge is 0.185 e. The van der Waals surface area contributed by atoms with Crippen molar-refractivity contribution in [1.82, 2.24) is 0 Å². The highest BCUT2D eigenvalue weighted by molar-refractivity contribution is 6.07. The summed E-state index contributed by atoms with van der Waals surface area (Å²) >= 11 is 0. The van der Waals surface area contributed by atoms with Gasteiger partial charge in [0.15, 0.2) is 5.78 Å². The Bertz CT molecular complexity index is 768. The second-order valence-electron chi connectivity index (χ2n) is 5.67. The van der Waals surface area contributed by atoms with Crippen molar-refractivity contribution in [3.8, 4) is 5.75 Å². The van der Waals surface area contributed by atoms with Crippen LogP contribution in [-0.4, -0.2) is 28.2 Å². The third-order valence-electron chi connectivity index (χ3n) is 4.06. The maximum absolute atomic E-state index is 12.4. The number of hydrogen-bond donors (Lipinski definition) is 3. The second-order valence-corrected chi connectivity index (χ2v) is 5.67. The quantitative estimate of drug-likeness (QED) is 0.531. The van der Waals surface area contributed by atoms with Gasteiger partial charge in [-0.15, -0.1) is 0 Å². The number of allylic oxidation sites excluding steroid dienone is 1. The molecule has 0 saturated carbocycles. The van der Waals surface area contributed by atoms with Crippen LogP contribution in [0.2, 0.25) is 0 Å². The van der Waals surface area contributed by atoms with Gasteiger partial charge in [-0.2, -0.15) is 0 Å². The molecule has 0 aliphatic carbocycles. The van der Waals surface area contributed by atoms with Gasteiger partial charge >= 0.3 is 0 Å². The molecular formula is C20H22O5. The van der Waals surface area contributed by atoms with E-state index in [1.807, 2.05) is 25.1 Å². The third-order valence-corrected chi connectivity index (χ3v) is 4.06. The first-order valence-corrected chi connectivity index (χ1v) is 7.88. The Kier molecular flexibility index (Phi) is 6.47. The van der Waals surface area contributed by atoms with Crippen molar-refractivity contribution in [3.05, 3.63) is 69.8 Å². The van der Waals surface area contributed by atoms with Crippen molar-refractivity contribution < 1.29 is 24.9 Å². The zero-order valence-corrected chi connectivity index (χ0v) is 14.3. The van der Waals surface area contributed by atoms with Crippen LogP contribution in [0.4, 0.5) is 0 Å². The van der Waals surface area contributed by atoms with E-state index in [9.17, 15) is 20.1 Å². The minimum atomic E-state index is -0.314. The number of carbonyl (C=O) groups excluding carboxylic acids is 1. The highest BCUT2D eigenvalue weighted by Crippen LogP contribution is 2.21. The fraction of sp³-hybridized carbons (Fsp3) is 0.250. The zero-order chi connectivity index (χ0) is 18.4. The van der Waals surface area contributed by atoms with E-state index in [2.05, 4.69) is 0 Å². The molecule has 0 aliphatic rings. The van der Waals surface area contributed by atoms with Crippen LogP contribution in [0.1, 0.15) is 38.2 Å². The lowest BCUT2D eigenvalue weighted by Crippen LogP contribution is -2.05. The second kappa shape index (κ2) is 8.58. The molecule has 2 aromatic carbocycles. The van der Waals surface area contributed by atoms with E-state index in [1.165, 1.54) is 18.2 Å². The minimum absolute atomic E-state index is 0.248. The van der Waals surface area contributed by atoms with Crippen LogP contribution in [-0.2, 0) is 19.8 Å². The van der Waals surface area contributed by atoms with Gasteiger partial charge in [-0.25, -0.2) is 0 Å². The molecule has 0 heterocycles. The number of aryl methyl sites for hydroxylation is 1. The lowest BCUT2D eigenvalue weighted by atomic mass is 9.96. The van der Waals surface area contributed by atoms with Crippen LogP contribution in [0, 0.1) is 6.92 Å². The molecule has 0 bridgehead atoms. The highest BCUT2D eigenvalue weighted by Gasteiger charge is 2.12. The average molecular weight is 342 g/mol. The van der Waals surface area contributed by atoms with Gasteiger partial charge in [0.25, 0.3) is 0 Å². The Morgan fingerprint density at radius 2 is 1.68 bits per heavy atom. The third kappa shape index (κ3) is 4.33. The standard InChI is InChI=1S/C20H22O5/c1-13-7-14(4-6-20(13)25-2)3-5-19(24)15-8-16(10-21)18(12-23)17(9-15)11-22/h3-9,21-23H,10-12H2,1-2H3/b5-3+. The topological polar surface area (TPSA) is 87.0 Å². The fourth-order valence-corrected chi connectivity index (χ4v) is 2.70. The lowest BCUT2D eigenvalue weighted by molar-refractivity contribution is 0.104. The number of ether oxygens (including phenoxy) is 1. The average Bonchev–Trinajstić information content (AvgIpc) is 2.64. The summed E-state index contributed by atoms with van der Waals surface area (Å²) in [6.45, 7) is 0.991. The molecule has 0 atom stereocenters. The van der Waals surface area contributed by atoms with Gasteiger partial charge in [-0.1, -0.05) is 12.1 Å². The molecule has 0 aromatic heterocycles. The van der Waals surface area contributed by atoms with Crippen molar-refractivity contribution in [2.45, 2.75) is 26.7 Å². The monoisotopic (exact) mass is 342 g/mol. The van der Waals surface area contributed by atoms with Crippen LogP contribution < -0.4 is 4.74 Å². The summed E-state index contributed by atoms with van der Waals surface area (Å²) in [6.07, 6.45) is 3.14. The first-order chi connectivity index (χ1) is 12.0. The van der Waals surface area contributed by atoms with Crippen LogP contribution in [0.3, 0.4) is 0 Å². The number of carbonyl (C=O) groups is 1. The molecule has 0 aliphatic heterocycles. The summed E-state index contributed by atoms with van der Waals surface area (Å²) in [4.78, 5) is 12.4. The van der Waals surface area contributed by atoms with Gasteiger partial charge in [0.1, 0.15) is 5.75 Å². The van der Waals surface area contributed by atoms with E-state index in [0.29, 0.717) is 22.3 Å². The Morgan fingerprint density at radius 1 is 1.04 bits per heavy atom. The predicted octanol–water partition coefficient (Wildman–Crippen LogP) is 2.38. The van der Waals surface area contributed by atoms with Gasteiger partial charge in [-0.05, 0) is 65.1 Å². The fourth-order valence-electron chi connectivity index (χ4n) is 2.70. The summed E-state index contributed by atoms with van der Waals surface area (Å²) in [5.74, 6) is 0.533. The number of hydrogen-bond acceptors (Lipinski definition) is 5. The van der Waals surface area contributed by atoms with Crippen molar-refractivity contribution in [1.29, 1.82) is 0 Å². The van der Waals surface area contributed by atoms with E-state index < -0.39 is 0 Å². The summed E-state index contributed by atoms with van der Waals surface area (Å²) in [5.41, 5.74) is 3.51. The number of aliphatic hydroxyl groups is 3. The number of aliphatic hydroxyl groups excluding tert-OH is 3. The van der Waals surface area contributed by atoms with Crippen LogP contribution >= 0.6 is 0 Å². The van der Waals surface area contributed by atoms with Gasteiger partial charge in [0, 0.05) is 5.56 Å². The van der Waals surface area contributed by atoms with Crippen molar-refractivity contribution in [3.63, 3.8) is 0 Å². The van der Waals surface area contributed by atoms with Gasteiger partial charge in [0.05, 0.1) is 26.9 Å². The molecule has 0 amide bonds. The Morgan fingerprint density at radius 3 is 2.16 bits per heavy atom. The Hall–Kier alpha value is -2.47. The summed E-state index contributed by atoms with van der Waals surface area (Å²) in [5, 5.41) is 28.2. The summed E-state index contributed by atoms with van der Waals surface area (Å²) in [7, 11) is 1.61. The zero-order valence-electron chi connectivity index (χ0n) is 14.3. The van der Waals surface area contributed by atoms with E-state index in [0.717, 1.165) is 16.9 Å². The van der Waals surface area contributed by atoms with E-state index >= 15 is 0 Å². The molecule has 5 nitrogen and oxygen atoms in total. The number of benzene rings is 2. The van der Waals surface area contributed by atoms with E-state index in [4.69, 9.17) is 4.74 Å². The SMILES string of the molecule is COc1ccc(/C=C/C(=O)c2cc(CO)c(CO)c(CO)c2)cc1C.